The van der Waals surface area contributed by atoms with Gasteiger partial charge in [0.2, 0.25) is 0 Å². The Morgan fingerprint density at radius 2 is 1.77 bits per heavy atom. The minimum absolute atomic E-state index is 0. The first-order valence-electron chi connectivity index (χ1n) is 8.14. The summed E-state index contributed by atoms with van der Waals surface area (Å²) in [6.07, 6.45) is 0. The molecule has 0 saturated carbocycles. The molecule has 0 amide bonds. The highest BCUT2D eigenvalue weighted by molar-refractivity contribution is 14.0. The highest BCUT2D eigenvalue weighted by Crippen LogP contribution is 2.25. The molecule has 0 saturated heterocycles. The molecule has 0 unspecified atom stereocenters. The number of halogens is 2. The zero-order chi connectivity index (χ0) is 18.1. The van der Waals surface area contributed by atoms with Crippen LogP contribution in [0.15, 0.2) is 51.9 Å². The molecular formula is C19H25BrIN3O2. The molecule has 0 aliphatic rings. The lowest BCUT2D eigenvalue weighted by Gasteiger charge is -2.13. The van der Waals surface area contributed by atoms with Crippen LogP contribution in [-0.2, 0) is 13.1 Å². The average Bonchev–Trinajstić information content (AvgIpc) is 2.64. The van der Waals surface area contributed by atoms with Crippen LogP contribution in [0, 0.1) is 0 Å². The van der Waals surface area contributed by atoms with Gasteiger partial charge in [0.25, 0.3) is 0 Å². The number of aliphatic imine (C=N–C) groups is 1. The predicted octanol–water partition coefficient (Wildman–Crippen LogP) is 4.34. The van der Waals surface area contributed by atoms with E-state index < -0.39 is 0 Å². The number of benzene rings is 2. The van der Waals surface area contributed by atoms with Crippen LogP contribution in [0.5, 0.6) is 11.5 Å². The summed E-state index contributed by atoms with van der Waals surface area (Å²) in [6.45, 7) is 4.06. The summed E-state index contributed by atoms with van der Waals surface area (Å²) in [5.74, 6) is 2.44. The Hall–Kier alpha value is -1.48. The average molecular weight is 534 g/mol. The van der Waals surface area contributed by atoms with Gasteiger partial charge in [-0.2, -0.15) is 0 Å². The van der Waals surface area contributed by atoms with Crippen molar-refractivity contribution in [2.75, 3.05) is 20.8 Å². The van der Waals surface area contributed by atoms with E-state index in [0.29, 0.717) is 13.1 Å². The van der Waals surface area contributed by atoms with Gasteiger partial charge in [0.15, 0.2) is 5.96 Å². The third-order valence-corrected chi connectivity index (χ3v) is 4.24. The molecule has 2 aromatic rings. The van der Waals surface area contributed by atoms with Crippen LogP contribution in [0.3, 0.4) is 0 Å². The molecule has 2 N–H and O–H groups in total. The predicted molar refractivity (Wildman–Crippen MR) is 121 cm³/mol. The van der Waals surface area contributed by atoms with Gasteiger partial charge in [0.05, 0.1) is 25.2 Å². The van der Waals surface area contributed by atoms with Crippen molar-refractivity contribution in [3.8, 4) is 11.5 Å². The molecule has 0 spiro atoms. The van der Waals surface area contributed by atoms with Gasteiger partial charge in [-0.1, -0.05) is 24.3 Å². The van der Waals surface area contributed by atoms with Crippen molar-refractivity contribution in [2.45, 2.75) is 20.0 Å². The van der Waals surface area contributed by atoms with Crippen molar-refractivity contribution in [3.05, 3.63) is 58.1 Å². The monoisotopic (exact) mass is 533 g/mol. The molecule has 5 nitrogen and oxygen atoms in total. The van der Waals surface area contributed by atoms with Crippen molar-refractivity contribution in [1.29, 1.82) is 0 Å². The van der Waals surface area contributed by atoms with Gasteiger partial charge in [-0.25, -0.2) is 4.99 Å². The van der Waals surface area contributed by atoms with E-state index in [1.807, 2.05) is 49.4 Å². The smallest absolute Gasteiger partial charge is 0.191 e. The third kappa shape index (κ3) is 6.68. The lowest BCUT2D eigenvalue weighted by molar-refractivity contribution is 0.409. The molecule has 0 heterocycles. The lowest BCUT2D eigenvalue weighted by atomic mass is 10.2. The molecule has 0 fully saturated rings. The first kappa shape index (κ1) is 22.6. The summed E-state index contributed by atoms with van der Waals surface area (Å²) >= 11 is 3.50. The summed E-state index contributed by atoms with van der Waals surface area (Å²) in [7, 11) is 3.34. The minimum Gasteiger partial charge on any atom is -0.496 e. The number of ether oxygens (including phenoxy) is 2. The Morgan fingerprint density at radius 1 is 1.04 bits per heavy atom. The molecule has 7 heteroatoms. The highest BCUT2D eigenvalue weighted by atomic mass is 127. The number of rotatable bonds is 7. The van der Waals surface area contributed by atoms with E-state index in [-0.39, 0.29) is 24.0 Å². The maximum Gasteiger partial charge on any atom is 0.191 e. The highest BCUT2D eigenvalue weighted by Gasteiger charge is 2.04. The van der Waals surface area contributed by atoms with Crippen LogP contribution in [0.2, 0.25) is 0 Å². The van der Waals surface area contributed by atoms with Crippen LogP contribution in [-0.4, -0.2) is 26.7 Å². The number of hydrogen-bond acceptors (Lipinski definition) is 3. The van der Waals surface area contributed by atoms with Crippen molar-refractivity contribution >= 4 is 45.9 Å². The Kier molecular flexibility index (Phi) is 10.4. The number of methoxy groups -OCH3 is 2. The summed E-state index contributed by atoms with van der Waals surface area (Å²) in [5.41, 5.74) is 2.19. The van der Waals surface area contributed by atoms with E-state index in [1.165, 1.54) is 0 Å². The minimum atomic E-state index is 0. The zero-order valence-corrected chi connectivity index (χ0v) is 19.1. The van der Waals surface area contributed by atoms with E-state index in [1.54, 1.807) is 14.2 Å². The van der Waals surface area contributed by atoms with E-state index in [2.05, 4.69) is 31.6 Å². The molecule has 0 aliphatic carbocycles. The van der Waals surface area contributed by atoms with Gasteiger partial charge in [0.1, 0.15) is 11.5 Å². The Balaban J connectivity index is 0.00000338. The summed E-state index contributed by atoms with van der Waals surface area (Å²) in [5, 5.41) is 6.60. The normalized spacial score (nSPS) is 10.7. The number of nitrogens with zero attached hydrogens (tertiary/aromatic N) is 1. The number of nitrogens with one attached hydrogen (secondary N) is 2. The molecule has 0 atom stereocenters. The van der Waals surface area contributed by atoms with Gasteiger partial charge in [-0.3, -0.25) is 0 Å². The maximum absolute atomic E-state index is 5.38. The SMILES string of the molecule is CCNC(=NCc1ccc(OC)c(Br)c1)NCc1ccccc1OC.I. The fourth-order valence-corrected chi connectivity index (χ4v) is 2.94. The molecule has 26 heavy (non-hydrogen) atoms. The quantitative estimate of drug-likeness (QED) is 0.316. The Labute approximate surface area is 180 Å². The molecule has 0 aromatic heterocycles. The molecule has 2 aromatic carbocycles. The Bertz CT molecular complexity index is 726. The molecule has 0 bridgehead atoms. The first-order valence-corrected chi connectivity index (χ1v) is 8.93. The summed E-state index contributed by atoms with van der Waals surface area (Å²) in [6, 6.07) is 13.9. The van der Waals surface area contributed by atoms with E-state index in [0.717, 1.165) is 39.6 Å². The van der Waals surface area contributed by atoms with Crippen LogP contribution >= 0.6 is 39.9 Å². The van der Waals surface area contributed by atoms with Gasteiger partial charge < -0.3 is 20.1 Å². The topological polar surface area (TPSA) is 54.9 Å². The maximum atomic E-state index is 5.38. The van der Waals surface area contributed by atoms with Gasteiger partial charge in [0, 0.05) is 18.7 Å². The molecule has 2 rings (SSSR count). The molecule has 0 aliphatic heterocycles. The van der Waals surface area contributed by atoms with E-state index in [4.69, 9.17) is 9.47 Å². The van der Waals surface area contributed by atoms with Crippen molar-refractivity contribution in [1.82, 2.24) is 10.6 Å². The van der Waals surface area contributed by atoms with Crippen LogP contribution < -0.4 is 20.1 Å². The van der Waals surface area contributed by atoms with Crippen LogP contribution in [0.25, 0.3) is 0 Å². The summed E-state index contributed by atoms with van der Waals surface area (Å²) in [4.78, 5) is 4.64. The zero-order valence-electron chi connectivity index (χ0n) is 15.2. The molecular weight excluding hydrogens is 509 g/mol. The number of hydrogen-bond donors (Lipinski definition) is 2. The van der Waals surface area contributed by atoms with Crippen molar-refractivity contribution in [3.63, 3.8) is 0 Å². The first-order chi connectivity index (χ1) is 12.2. The van der Waals surface area contributed by atoms with Gasteiger partial charge in [-0.15, -0.1) is 24.0 Å². The fraction of sp³-hybridized carbons (Fsp3) is 0.316. The fourth-order valence-electron chi connectivity index (χ4n) is 2.35. The second-order valence-corrected chi connectivity index (χ2v) is 6.18. The van der Waals surface area contributed by atoms with Gasteiger partial charge in [-0.05, 0) is 46.6 Å². The number of para-hydroxylation sites is 1. The second kappa shape index (κ2) is 12.0. The molecule has 142 valence electrons. The van der Waals surface area contributed by atoms with Crippen LogP contribution in [0.1, 0.15) is 18.1 Å². The summed E-state index contributed by atoms with van der Waals surface area (Å²) < 4.78 is 11.6. The van der Waals surface area contributed by atoms with E-state index >= 15 is 0 Å². The molecule has 0 radical (unpaired) electrons. The largest absolute Gasteiger partial charge is 0.496 e. The Morgan fingerprint density at radius 3 is 2.42 bits per heavy atom. The standard InChI is InChI=1S/C19H24BrN3O2.HI/c1-4-21-19(23-13-15-7-5-6-8-17(15)24-2)22-12-14-9-10-18(25-3)16(20)11-14;/h5-11H,4,12-13H2,1-3H3,(H2,21,22,23);1H. The van der Waals surface area contributed by atoms with Crippen molar-refractivity contribution in [2.24, 2.45) is 4.99 Å². The lowest BCUT2D eigenvalue weighted by Crippen LogP contribution is -2.36. The van der Waals surface area contributed by atoms with E-state index in [9.17, 15) is 0 Å². The third-order valence-electron chi connectivity index (χ3n) is 3.62. The van der Waals surface area contributed by atoms with Crippen LogP contribution in [0.4, 0.5) is 0 Å². The van der Waals surface area contributed by atoms with Gasteiger partial charge >= 0.3 is 0 Å². The van der Waals surface area contributed by atoms with Crippen molar-refractivity contribution < 1.29 is 9.47 Å². The second-order valence-electron chi connectivity index (χ2n) is 5.33. The number of guanidine groups is 1.